The number of anilines is 1. The number of urea groups is 1. The summed E-state index contributed by atoms with van der Waals surface area (Å²) in [5.74, 6) is 3.96. The van der Waals surface area contributed by atoms with Crippen LogP contribution in [0.3, 0.4) is 0 Å². The van der Waals surface area contributed by atoms with Crippen LogP contribution in [0.4, 0.5) is 14.9 Å². The molecule has 0 unspecified atom stereocenters. The molecule has 3 amide bonds. The highest BCUT2D eigenvalue weighted by atomic mass is 79.9. The number of nitrogens with one attached hydrogen (secondary N) is 1. The molecule has 1 heterocycles. The van der Waals surface area contributed by atoms with Crippen molar-refractivity contribution >= 4 is 33.6 Å². The Bertz CT molecular complexity index is 885. The van der Waals surface area contributed by atoms with Gasteiger partial charge in [0.05, 0.1) is 6.54 Å². The van der Waals surface area contributed by atoms with E-state index in [2.05, 4.69) is 20.8 Å². The molecule has 0 spiro atoms. The van der Waals surface area contributed by atoms with Gasteiger partial charge in [0.2, 0.25) is 0 Å². The molecule has 1 aliphatic heterocycles. The number of likely N-dealkylation sites (N-methyl/N-ethyl adjacent to an activating group) is 1. The first kappa shape index (κ1) is 21.2. The number of piperazine rings is 1. The van der Waals surface area contributed by atoms with E-state index in [1.165, 1.54) is 12.1 Å². The Balaban J connectivity index is 1.88. The Hall–Kier alpha value is -2.49. The molecule has 3 N–H and O–H groups in total. The Labute approximate surface area is 177 Å². The average molecular weight is 464 g/mol. The first-order valence-electron chi connectivity index (χ1n) is 9.19. The van der Waals surface area contributed by atoms with E-state index in [1.54, 1.807) is 9.80 Å². The Kier molecular flexibility index (Phi) is 6.83. The topological polar surface area (TPSA) is 81.9 Å². The van der Waals surface area contributed by atoms with Gasteiger partial charge in [-0.2, -0.15) is 0 Å². The lowest BCUT2D eigenvalue weighted by Crippen LogP contribution is -2.52. The summed E-state index contributed by atoms with van der Waals surface area (Å²) in [5.41, 5.74) is 3.08. The fourth-order valence-corrected chi connectivity index (χ4v) is 3.39. The van der Waals surface area contributed by atoms with Crippen molar-refractivity contribution in [1.82, 2.24) is 15.2 Å². The van der Waals surface area contributed by atoms with Crippen LogP contribution >= 0.6 is 15.9 Å². The maximum absolute atomic E-state index is 14.7. The van der Waals surface area contributed by atoms with Crippen LogP contribution in [-0.2, 0) is 6.54 Å². The van der Waals surface area contributed by atoms with Gasteiger partial charge in [-0.1, -0.05) is 22.0 Å². The van der Waals surface area contributed by atoms with E-state index in [9.17, 15) is 14.0 Å². The molecule has 29 heavy (non-hydrogen) atoms. The van der Waals surface area contributed by atoms with Crippen LogP contribution < -0.4 is 16.2 Å². The third-order valence-electron chi connectivity index (χ3n) is 4.92. The minimum atomic E-state index is -0.575. The second-order valence-corrected chi connectivity index (χ2v) is 7.83. The first-order chi connectivity index (χ1) is 13.9. The van der Waals surface area contributed by atoms with Crippen molar-refractivity contribution in [3.63, 3.8) is 0 Å². The smallest absolute Gasteiger partial charge is 0.322 e. The second-order valence-electron chi connectivity index (χ2n) is 6.92. The lowest BCUT2D eigenvalue weighted by Gasteiger charge is -2.36. The van der Waals surface area contributed by atoms with Gasteiger partial charge in [-0.15, -0.1) is 0 Å². The molecular weight excluding hydrogens is 441 g/mol. The van der Waals surface area contributed by atoms with Gasteiger partial charge in [0, 0.05) is 47.5 Å². The maximum atomic E-state index is 14.7. The summed E-state index contributed by atoms with van der Waals surface area (Å²) in [6.07, 6.45) is 0. The van der Waals surface area contributed by atoms with Crippen molar-refractivity contribution in [3.05, 3.63) is 63.9 Å². The molecule has 154 valence electrons. The summed E-state index contributed by atoms with van der Waals surface area (Å²) in [7, 11) is 2.02. The van der Waals surface area contributed by atoms with Crippen LogP contribution in [0.15, 0.2) is 46.9 Å². The molecule has 3 rings (SSSR count). The lowest BCUT2D eigenvalue weighted by molar-refractivity contribution is 0.0953. The Morgan fingerprint density at radius 3 is 2.38 bits per heavy atom. The summed E-state index contributed by atoms with van der Waals surface area (Å²) in [4.78, 5) is 30.3. The van der Waals surface area contributed by atoms with Gasteiger partial charge in [0.1, 0.15) is 5.82 Å². The van der Waals surface area contributed by atoms with Crippen LogP contribution in [0.2, 0.25) is 0 Å². The molecule has 1 aliphatic rings. The van der Waals surface area contributed by atoms with E-state index < -0.39 is 11.7 Å². The van der Waals surface area contributed by atoms with Crippen molar-refractivity contribution in [1.29, 1.82) is 0 Å². The number of hydrazine groups is 1. The highest BCUT2D eigenvalue weighted by molar-refractivity contribution is 9.10. The average Bonchev–Trinajstić information content (AvgIpc) is 2.73. The van der Waals surface area contributed by atoms with Crippen LogP contribution in [0.25, 0.3) is 0 Å². The van der Waals surface area contributed by atoms with E-state index in [4.69, 9.17) is 5.84 Å². The van der Waals surface area contributed by atoms with E-state index in [0.29, 0.717) is 24.3 Å². The van der Waals surface area contributed by atoms with E-state index in [0.717, 1.165) is 23.6 Å². The van der Waals surface area contributed by atoms with E-state index >= 15 is 0 Å². The second kappa shape index (κ2) is 9.34. The molecule has 0 aliphatic carbocycles. The molecule has 0 aromatic heterocycles. The minimum Gasteiger partial charge on any atom is -0.322 e. The number of halogens is 2. The van der Waals surface area contributed by atoms with Crippen molar-refractivity contribution in [2.24, 2.45) is 5.84 Å². The third kappa shape index (κ3) is 5.11. The summed E-state index contributed by atoms with van der Waals surface area (Å²) in [5, 5.41) is 0. The van der Waals surface area contributed by atoms with Crippen molar-refractivity contribution < 1.29 is 14.0 Å². The van der Waals surface area contributed by atoms with Crippen molar-refractivity contribution in [3.8, 4) is 0 Å². The van der Waals surface area contributed by atoms with Crippen LogP contribution in [0, 0.1) is 5.82 Å². The number of nitrogens with two attached hydrogens (primary N) is 1. The zero-order valence-electron chi connectivity index (χ0n) is 16.1. The monoisotopic (exact) mass is 463 g/mol. The summed E-state index contributed by atoms with van der Waals surface area (Å²) in [6, 6.07) is 11.2. The van der Waals surface area contributed by atoms with Crippen molar-refractivity contribution in [2.45, 2.75) is 6.54 Å². The number of nitrogens with zero attached hydrogens (tertiary/aromatic N) is 3. The number of hydrogen-bond donors (Lipinski definition) is 2. The molecule has 1 fully saturated rings. The third-order valence-corrected chi connectivity index (χ3v) is 5.45. The Morgan fingerprint density at radius 2 is 1.79 bits per heavy atom. The van der Waals surface area contributed by atoms with E-state index in [1.807, 2.05) is 36.7 Å². The van der Waals surface area contributed by atoms with Gasteiger partial charge in [-0.05, 0) is 43.4 Å². The van der Waals surface area contributed by atoms with Crippen LogP contribution in [-0.4, -0.2) is 55.0 Å². The van der Waals surface area contributed by atoms with E-state index in [-0.39, 0.29) is 18.1 Å². The fraction of sp³-hybridized carbons (Fsp3) is 0.300. The van der Waals surface area contributed by atoms with Crippen molar-refractivity contribution in [2.75, 3.05) is 38.1 Å². The number of hydrogen-bond acceptors (Lipinski definition) is 4. The number of carbonyl (C=O) groups is 2. The molecule has 0 saturated carbocycles. The number of nitrogen functional groups attached to an aromatic ring is 1. The number of amides is 3. The molecule has 9 heteroatoms. The molecule has 0 bridgehead atoms. The highest BCUT2D eigenvalue weighted by Gasteiger charge is 2.26. The molecule has 0 radical (unpaired) electrons. The highest BCUT2D eigenvalue weighted by Crippen LogP contribution is 2.24. The van der Waals surface area contributed by atoms with Gasteiger partial charge in [0.15, 0.2) is 0 Å². The van der Waals surface area contributed by atoms with Gasteiger partial charge < -0.3 is 9.80 Å². The first-order valence-corrected chi connectivity index (χ1v) is 9.98. The molecule has 7 nitrogen and oxygen atoms in total. The zero-order chi connectivity index (χ0) is 21.0. The molecule has 2 aromatic carbocycles. The number of carbonyl (C=O) groups excluding carboxylic acids is 2. The quantitative estimate of drug-likeness (QED) is 0.414. The largest absolute Gasteiger partial charge is 0.324 e. The standard InChI is InChI=1S/C20H23BrFN5O2/c1-25-8-10-26(11-9-25)20(29)27(17-6-4-16(21)5-7-17)13-15-3-2-14(12-18(15)22)19(28)24-23/h2-7,12H,8-11,13,23H2,1H3,(H,24,28). The lowest BCUT2D eigenvalue weighted by atomic mass is 10.1. The number of rotatable bonds is 4. The summed E-state index contributed by atoms with van der Waals surface area (Å²) in [6.45, 7) is 2.85. The van der Waals surface area contributed by atoms with Gasteiger partial charge >= 0.3 is 6.03 Å². The SMILES string of the molecule is CN1CCN(C(=O)N(Cc2ccc(C(=O)NN)cc2F)c2ccc(Br)cc2)CC1. The zero-order valence-corrected chi connectivity index (χ0v) is 17.7. The predicted molar refractivity (Wildman–Crippen MR) is 113 cm³/mol. The normalized spacial score (nSPS) is 14.6. The molecule has 2 aromatic rings. The Morgan fingerprint density at radius 1 is 1.14 bits per heavy atom. The summed E-state index contributed by atoms with van der Waals surface area (Å²) >= 11 is 3.39. The predicted octanol–water partition coefficient (Wildman–Crippen LogP) is 2.57. The van der Waals surface area contributed by atoms with Crippen LogP contribution in [0.1, 0.15) is 15.9 Å². The molecule has 1 saturated heterocycles. The van der Waals surface area contributed by atoms with Gasteiger partial charge in [-0.25, -0.2) is 15.0 Å². The number of benzene rings is 2. The minimum absolute atomic E-state index is 0.0448. The molecule has 0 atom stereocenters. The molecular formula is C20H23BrFN5O2. The van der Waals surface area contributed by atoms with Gasteiger partial charge in [0.25, 0.3) is 5.91 Å². The summed E-state index contributed by atoms with van der Waals surface area (Å²) < 4.78 is 15.5. The van der Waals surface area contributed by atoms with Crippen LogP contribution in [0.5, 0.6) is 0 Å². The van der Waals surface area contributed by atoms with Gasteiger partial charge in [-0.3, -0.25) is 15.1 Å². The fourth-order valence-electron chi connectivity index (χ4n) is 3.13. The maximum Gasteiger partial charge on any atom is 0.324 e.